The van der Waals surface area contributed by atoms with Crippen molar-refractivity contribution in [2.24, 2.45) is 5.92 Å². The number of hydrogen-bond acceptors (Lipinski definition) is 7. The van der Waals surface area contributed by atoms with E-state index in [-0.39, 0.29) is 23.8 Å². The van der Waals surface area contributed by atoms with Crippen molar-refractivity contribution < 1.29 is 28.6 Å². The minimum atomic E-state index is -0.456. The molecule has 7 heteroatoms. The van der Waals surface area contributed by atoms with Gasteiger partial charge in [-0.25, -0.2) is 4.79 Å². The van der Waals surface area contributed by atoms with Gasteiger partial charge in [-0.05, 0) is 55.2 Å². The maximum atomic E-state index is 12.2. The molecule has 32 heavy (non-hydrogen) atoms. The van der Waals surface area contributed by atoms with Crippen molar-refractivity contribution in [1.82, 2.24) is 0 Å². The predicted molar refractivity (Wildman–Crippen MR) is 118 cm³/mol. The fraction of sp³-hybridized carbons (Fsp3) is 0.320. The lowest BCUT2D eigenvalue weighted by Gasteiger charge is -2.38. The Morgan fingerprint density at radius 2 is 1.78 bits per heavy atom. The molecule has 1 heterocycles. The first-order chi connectivity index (χ1) is 15.4. The number of rotatable bonds is 5. The highest BCUT2D eigenvalue weighted by Gasteiger charge is 2.39. The van der Waals surface area contributed by atoms with Gasteiger partial charge in [-0.2, -0.15) is 0 Å². The smallest absolute Gasteiger partial charge is 0.338 e. The van der Waals surface area contributed by atoms with Crippen LogP contribution in [0.2, 0.25) is 0 Å². The second-order valence-electron chi connectivity index (χ2n) is 7.88. The average molecular weight is 435 g/mol. The molecule has 2 aromatic carbocycles. The van der Waals surface area contributed by atoms with Crippen LogP contribution in [0.15, 0.2) is 48.6 Å². The molecule has 1 N–H and O–H groups in total. The molecule has 0 amide bonds. The number of fused-ring (bicyclic) bond motifs is 3. The van der Waals surface area contributed by atoms with Crippen molar-refractivity contribution in [2.45, 2.75) is 39.2 Å². The summed E-state index contributed by atoms with van der Waals surface area (Å²) in [7, 11) is 0. The van der Waals surface area contributed by atoms with Crippen LogP contribution >= 0.6 is 0 Å². The topological polar surface area (TPSA) is 90.9 Å². The summed E-state index contributed by atoms with van der Waals surface area (Å²) in [6, 6.07) is 10.5. The molecule has 0 saturated carbocycles. The molecule has 0 saturated heterocycles. The zero-order valence-corrected chi connectivity index (χ0v) is 18.2. The van der Waals surface area contributed by atoms with Crippen LogP contribution in [0.1, 0.15) is 60.6 Å². The van der Waals surface area contributed by atoms with Gasteiger partial charge in [0.1, 0.15) is 11.5 Å². The number of carbonyl (C=O) groups is 3. The van der Waals surface area contributed by atoms with Crippen LogP contribution in [0.4, 0.5) is 5.69 Å². The Hall–Kier alpha value is -3.61. The highest BCUT2D eigenvalue weighted by molar-refractivity contribution is 5.90. The third-order valence-corrected chi connectivity index (χ3v) is 5.71. The number of hydrogen-bond donors (Lipinski definition) is 1. The van der Waals surface area contributed by atoms with Crippen LogP contribution in [-0.2, 0) is 14.3 Å². The summed E-state index contributed by atoms with van der Waals surface area (Å²) in [6.07, 6.45) is 5.12. The molecular formula is C25H25NO6. The van der Waals surface area contributed by atoms with Gasteiger partial charge in [-0.1, -0.05) is 12.2 Å². The number of esters is 3. The molecule has 2 aliphatic rings. The van der Waals surface area contributed by atoms with Crippen LogP contribution in [0, 0.1) is 5.92 Å². The Morgan fingerprint density at radius 3 is 2.50 bits per heavy atom. The van der Waals surface area contributed by atoms with Gasteiger partial charge >= 0.3 is 17.9 Å². The van der Waals surface area contributed by atoms with Gasteiger partial charge in [-0.15, -0.1) is 0 Å². The number of carbonyl (C=O) groups excluding carboxylic acids is 3. The zero-order valence-electron chi connectivity index (χ0n) is 18.2. The first kappa shape index (κ1) is 21.6. The second-order valence-corrected chi connectivity index (χ2v) is 7.88. The number of nitrogens with one attached hydrogen (secondary N) is 1. The van der Waals surface area contributed by atoms with E-state index in [2.05, 4.69) is 17.5 Å². The summed E-state index contributed by atoms with van der Waals surface area (Å²) in [5, 5.41) is 3.57. The van der Waals surface area contributed by atoms with E-state index in [9.17, 15) is 14.4 Å². The van der Waals surface area contributed by atoms with Crippen LogP contribution in [-0.4, -0.2) is 24.5 Å². The summed E-state index contributed by atoms with van der Waals surface area (Å²) >= 11 is 0. The fourth-order valence-corrected chi connectivity index (χ4v) is 4.49. The summed E-state index contributed by atoms with van der Waals surface area (Å²) in [6.45, 7) is 4.76. The van der Waals surface area contributed by atoms with Crippen molar-refractivity contribution in [3.05, 3.63) is 65.2 Å². The number of benzene rings is 2. The number of ether oxygens (including phenoxy) is 3. The minimum absolute atomic E-state index is 0.101. The Kier molecular flexibility index (Phi) is 5.99. The van der Waals surface area contributed by atoms with E-state index in [1.807, 2.05) is 18.2 Å². The fourth-order valence-electron chi connectivity index (χ4n) is 4.49. The van der Waals surface area contributed by atoms with Gasteiger partial charge in [-0.3, -0.25) is 9.59 Å². The second kappa shape index (κ2) is 8.86. The van der Waals surface area contributed by atoms with Crippen molar-refractivity contribution in [3.8, 4) is 11.5 Å². The van der Waals surface area contributed by atoms with E-state index in [1.54, 1.807) is 25.1 Å². The van der Waals surface area contributed by atoms with Crippen LogP contribution in [0.25, 0.3) is 0 Å². The Bertz CT molecular complexity index is 1110. The Labute approximate surface area is 186 Å². The molecule has 0 radical (unpaired) electrons. The maximum absolute atomic E-state index is 12.2. The minimum Gasteiger partial charge on any atom is -0.462 e. The molecule has 3 atom stereocenters. The molecule has 1 aliphatic heterocycles. The molecule has 0 unspecified atom stereocenters. The standard InChI is InChI=1S/C25H25NO6/c1-4-30-25(29)16-8-11-22-21(12-16)18-6-5-7-19(18)24(26-22)20-10-9-17(31-14(2)27)13-23(20)32-15(3)28/h5-6,8-13,18-19,24,26H,4,7H2,1-3H3/t18-,19+,24-/m1/s1. The molecule has 0 aromatic heterocycles. The molecule has 0 spiro atoms. The van der Waals surface area contributed by atoms with Gasteiger partial charge in [0, 0.05) is 37.1 Å². The highest BCUT2D eigenvalue weighted by Crippen LogP contribution is 2.51. The Balaban J connectivity index is 1.72. The average Bonchev–Trinajstić information content (AvgIpc) is 3.23. The molecular weight excluding hydrogens is 410 g/mol. The lowest BCUT2D eigenvalue weighted by Crippen LogP contribution is -2.30. The third-order valence-electron chi connectivity index (χ3n) is 5.71. The molecule has 4 rings (SSSR count). The van der Waals surface area contributed by atoms with Crippen LogP contribution in [0.3, 0.4) is 0 Å². The van der Waals surface area contributed by atoms with Crippen LogP contribution in [0.5, 0.6) is 11.5 Å². The lowest BCUT2D eigenvalue weighted by molar-refractivity contribution is -0.132. The zero-order chi connectivity index (χ0) is 22.8. The molecule has 2 aromatic rings. The monoisotopic (exact) mass is 435 g/mol. The Morgan fingerprint density at radius 1 is 1.00 bits per heavy atom. The third kappa shape index (κ3) is 4.23. The van der Waals surface area contributed by atoms with Gasteiger partial charge < -0.3 is 19.5 Å². The van der Waals surface area contributed by atoms with Crippen LogP contribution < -0.4 is 14.8 Å². The SMILES string of the molecule is CCOC(=O)c1ccc2c(c1)[C@@H]1C=CC[C@@H]1[C@H](c1ccc(OC(C)=O)cc1OC(C)=O)N2. The van der Waals surface area contributed by atoms with Gasteiger partial charge in [0.05, 0.1) is 18.2 Å². The predicted octanol–water partition coefficient (Wildman–Crippen LogP) is 4.54. The highest BCUT2D eigenvalue weighted by atomic mass is 16.5. The van der Waals surface area contributed by atoms with E-state index in [1.165, 1.54) is 13.8 Å². The molecule has 0 bridgehead atoms. The molecule has 0 fully saturated rings. The summed E-state index contributed by atoms with van der Waals surface area (Å²) < 4.78 is 15.8. The quantitative estimate of drug-likeness (QED) is 0.419. The van der Waals surface area contributed by atoms with E-state index in [0.717, 1.165) is 23.2 Å². The molecule has 1 aliphatic carbocycles. The van der Waals surface area contributed by atoms with E-state index in [4.69, 9.17) is 14.2 Å². The number of allylic oxidation sites excluding steroid dienone is 2. The van der Waals surface area contributed by atoms with E-state index in [0.29, 0.717) is 23.7 Å². The van der Waals surface area contributed by atoms with Gasteiger partial charge in [0.25, 0.3) is 0 Å². The normalized spacial score (nSPS) is 20.5. The summed E-state index contributed by atoms with van der Waals surface area (Å²) in [4.78, 5) is 35.3. The first-order valence-corrected chi connectivity index (χ1v) is 10.6. The van der Waals surface area contributed by atoms with Crippen molar-refractivity contribution in [1.29, 1.82) is 0 Å². The van der Waals surface area contributed by atoms with E-state index >= 15 is 0 Å². The lowest BCUT2D eigenvalue weighted by atomic mass is 9.76. The maximum Gasteiger partial charge on any atom is 0.338 e. The van der Waals surface area contributed by atoms with Crippen molar-refractivity contribution >= 4 is 23.6 Å². The van der Waals surface area contributed by atoms with E-state index < -0.39 is 11.9 Å². The summed E-state index contributed by atoms with van der Waals surface area (Å²) in [5.41, 5.74) is 3.27. The molecule has 7 nitrogen and oxygen atoms in total. The van der Waals surface area contributed by atoms with Gasteiger partial charge in [0.2, 0.25) is 0 Å². The first-order valence-electron chi connectivity index (χ1n) is 10.6. The largest absolute Gasteiger partial charge is 0.462 e. The molecule has 166 valence electrons. The van der Waals surface area contributed by atoms with Gasteiger partial charge in [0.15, 0.2) is 0 Å². The summed E-state index contributed by atoms with van der Waals surface area (Å²) in [5.74, 6) is -0.317. The number of anilines is 1. The van der Waals surface area contributed by atoms with Crippen molar-refractivity contribution in [2.75, 3.05) is 11.9 Å². The van der Waals surface area contributed by atoms with Crippen molar-refractivity contribution in [3.63, 3.8) is 0 Å².